The SMILES string of the molecule is Cc1ccc(C(C2=C([O-])OC(C)(C)OC2=O)C(C(=O)c2ccccc2)[n+]2ccccc2)cc1. The van der Waals surface area contributed by atoms with Gasteiger partial charge in [0.15, 0.2) is 18.2 Å². The molecule has 0 saturated heterocycles. The van der Waals surface area contributed by atoms with Gasteiger partial charge in [-0.2, -0.15) is 4.57 Å². The Labute approximate surface area is 192 Å². The summed E-state index contributed by atoms with van der Waals surface area (Å²) >= 11 is 0. The Morgan fingerprint density at radius 1 is 0.909 bits per heavy atom. The molecular formula is C27H25NO5. The number of hydrogen-bond acceptors (Lipinski definition) is 5. The van der Waals surface area contributed by atoms with E-state index in [0.29, 0.717) is 11.1 Å². The quantitative estimate of drug-likeness (QED) is 0.332. The van der Waals surface area contributed by atoms with Crippen LogP contribution in [0.2, 0.25) is 0 Å². The fourth-order valence-electron chi connectivity index (χ4n) is 4.02. The summed E-state index contributed by atoms with van der Waals surface area (Å²) in [6.45, 7) is 4.94. The fourth-order valence-corrected chi connectivity index (χ4v) is 4.02. The zero-order valence-corrected chi connectivity index (χ0v) is 18.7. The molecule has 0 spiro atoms. The molecule has 6 heteroatoms. The van der Waals surface area contributed by atoms with Gasteiger partial charge in [-0.05, 0) is 26.3 Å². The highest BCUT2D eigenvalue weighted by molar-refractivity contribution is 6.01. The van der Waals surface area contributed by atoms with E-state index in [1.807, 2.05) is 43.3 Å². The number of carbonyl (C=O) groups excluding carboxylic acids is 2. The molecular weight excluding hydrogens is 418 g/mol. The van der Waals surface area contributed by atoms with Gasteiger partial charge in [-0.1, -0.05) is 66.2 Å². The predicted molar refractivity (Wildman–Crippen MR) is 119 cm³/mol. The minimum absolute atomic E-state index is 0.205. The molecule has 6 nitrogen and oxygen atoms in total. The third-order valence-electron chi connectivity index (χ3n) is 5.57. The molecule has 0 N–H and O–H groups in total. The Hall–Kier alpha value is -3.93. The summed E-state index contributed by atoms with van der Waals surface area (Å²) in [6, 6.07) is 20.7. The molecule has 2 aromatic carbocycles. The Morgan fingerprint density at radius 2 is 1.52 bits per heavy atom. The molecule has 33 heavy (non-hydrogen) atoms. The van der Waals surface area contributed by atoms with E-state index in [1.54, 1.807) is 53.4 Å². The monoisotopic (exact) mass is 443 g/mol. The van der Waals surface area contributed by atoms with Crippen molar-refractivity contribution in [1.82, 2.24) is 0 Å². The Kier molecular flexibility index (Phi) is 6.01. The lowest BCUT2D eigenvalue weighted by Gasteiger charge is -2.41. The van der Waals surface area contributed by atoms with Gasteiger partial charge < -0.3 is 14.6 Å². The second kappa shape index (κ2) is 8.90. The number of benzene rings is 2. The number of Topliss-reactive ketones (excluding diaryl/α,β-unsaturated/α-hetero) is 1. The summed E-state index contributed by atoms with van der Waals surface area (Å²) in [4.78, 5) is 27.0. The van der Waals surface area contributed by atoms with E-state index < -0.39 is 29.7 Å². The first-order valence-electron chi connectivity index (χ1n) is 10.7. The number of aromatic nitrogens is 1. The van der Waals surface area contributed by atoms with Crippen molar-refractivity contribution < 1.29 is 28.7 Å². The number of carbonyl (C=O) groups is 2. The third-order valence-corrected chi connectivity index (χ3v) is 5.57. The summed E-state index contributed by atoms with van der Waals surface area (Å²) in [5.41, 5.74) is 1.91. The molecule has 0 amide bonds. The molecule has 0 radical (unpaired) electrons. The van der Waals surface area contributed by atoms with Crippen molar-refractivity contribution >= 4 is 11.8 Å². The smallest absolute Gasteiger partial charge is 0.338 e. The molecule has 1 aliphatic rings. The second-order valence-electron chi connectivity index (χ2n) is 8.48. The van der Waals surface area contributed by atoms with Gasteiger partial charge in [0.2, 0.25) is 11.8 Å². The van der Waals surface area contributed by atoms with E-state index in [2.05, 4.69) is 0 Å². The first kappa shape index (κ1) is 22.3. The predicted octanol–water partition coefficient (Wildman–Crippen LogP) is 3.37. The van der Waals surface area contributed by atoms with Crippen molar-refractivity contribution in [2.75, 3.05) is 0 Å². The van der Waals surface area contributed by atoms with Gasteiger partial charge in [0, 0.05) is 17.7 Å². The number of ketones is 1. The summed E-state index contributed by atoms with van der Waals surface area (Å²) in [7, 11) is 0. The molecule has 2 unspecified atom stereocenters. The number of pyridine rings is 1. The van der Waals surface area contributed by atoms with Crippen LogP contribution < -0.4 is 9.67 Å². The molecule has 3 aromatic rings. The van der Waals surface area contributed by atoms with Crippen LogP contribution in [-0.2, 0) is 14.3 Å². The first-order chi connectivity index (χ1) is 15.8. The van der Waals surface area contributed by atoms with Gasteiger partial charge in [0.1, 0.15) is 0 Å². The molecule has 2 heterocycles. The average molecular weight is 443 g/mol. The minimum Gasteiger partial charge on any atom is -0.575 e. The molecule has 0 aliphatic carbocycles. The molecule has 0 bridgehead atoms. The van der Waals surface area contributed by atoms with Crippen LogP contribution in [0.15, 0.2) is 96.7 Å². The van der Waals surface area contributed by atoms with E-state index in [9.17, 15) is 14.7 Å². The van der Waals surface area contributed by atoms with E-state index >= 15 is 0 Å². The zero-order chi connectivity index (χ0) is 23.6. The highest BCUT2D eigenvalue weighted by atomic mass is 16.8. The van der Waals surface area contributed by atoms with Crippen molar-refractivity contribution in [2.24, 2.45) is 0 Å². The van der Waals surface area contributed by atoms with Gasteiger partial charge in [-0.15, -0.1) is 0 Å². The van der Waals surface area contributed by atoms with E-state index in [0.717, 1.165) is 5.56 Å². The fraction of sp³-hybridized carbons (Fsp3) is 0.222. The number of nitrogens with zero attached hydrogens (tertiary/aromatic N) is 1. The Balaban J connectivity index is 1.96. The van der Waals surface area contributed by atoms with Crippen LogP contribution in [0.25, 0.3) is 0 Å². The summed E-state index contributed by atoms with van der Waals surface area (Å²) in [6.07, 6.45) is 3.49. The van der Waals surface area contributed by atoms with Crippen LogP contribution in [0.5, 0.6) is 0 Å². The Morgan fingerprint density at radius 3 is 2.12 bits per heavy atom. The van der Waals surface area contributed by atoms with Crippen molar-refractivity contribution in [1.29, 1.82) is 0 Å². The number of aryl methyl sites for hydroxylation is 1. The van der Waals surface area contributed by atoms with Gasteiger partial charge in [-0.25, -0.2) is 4.79 Å². The van der Waals surface area contributed by atoms with Gasteiger partial charge in [0.05, 0.1) is 17.4 Å². The number of esters is 1. The van der Waals surface area contributed by atoms with E-state index in [1.165, 1.54) is 13.8 Å². The zero-order valence-electron chi connectivity index (χ0n) is 18.7. The lowest BCUT2D eigenvalue weighted by atomic mass is 9.80. The first-order valence-corrected chi connectivity index (χ1v) is 10.7. The summed E-state index contributed by atoms with van der Waals surface area (Å²) < 4.78 is 12.5. The Bertz CT molecular complexity index is 1180. The van der Waals surface area contributed by atoms with Crippen LogP contribution in [0.3, 0.4) is 0 Å². The molecule has 168 valence electrons. The number of ether oxygens (including phenoxy) is 2. The highest BCUT2D eigenvalue weighted by Gasteiger charge is 2.45. The van der Waals surface area contributed by atoms with Crippen LogP contribution in [0.4, 0.5) is 0 Å². The summed E-state index contributed by atoms with van der Waals surface area (Å²) in [5.74, 6) is -4.13. The third kappa shape index (κ3) is 4.65. The van der Waals surface area contributed by atoms with Crippen molar-refractivity contribution in [3.63, 3.8) is 0 Å². The second-order valence-corrected chi connectivity index (χ2v) is 8.48. The molecule has 0 saturated carbocycles. The van der Waals surface area contributed by atoms with Crippen molar-refractivity contribution in [2.45, 2.75) is 38.5 Å². The largest absolute Gasteiger partial charge is 0.575 e. The maximum absolute atomic E-state index is 13.9. The van der Waals surface area contributed by atoms with Crippen molar-refractivity contribution in [3.05, 3.63) is 113 Å². The number of hydrogen-bond donors (Lipinski definition) is 0. The minimum atomic E-state index is -1.38. The van der Waals surface area contributed by atoms with Crippen LogP contribution in [0, 0.1) is 6.92 Å². The van der Waals surface area contributed by atoms with Crippen molar-refractivity contribution in [3.8, 4) is 0 Å². The van der Waals surface area contributed by atoms with Gasteiger partial charge in [-0.3, -0.25) is 4.79 Å². The van der Waals surface area contributed by atoms with Crippen LogP contribution in [-0.4, -0.2) is 17.5 Å². The molecule has 2 atom stereocenters. The van der Waals surface area contributed by atoms with E-state index in [-0.39, 0.29) is 11.4 Å². The van der Waals surface area contributed by atoms with Crippen LogP contribution in [0.1, 0.15) is 47.3 Å². The normalized spacial score (nSPS) is 17.0. The topological polar surface area (TPSA) is 79.5 Å². The molecule has 1 aliphatic heterocycles. The lowest BCUT2D eigenvalue weighted by Crippen LogP contribution is -2.50. The maximum atomic E-state index is 13.9. The number of cyclic esters (lactones) is 1. The van der Waals surface area contributed by atoms with Gasteiger partial charge in [0.25, 0.3) is 0 Å². The summed E-state index contributed by atoms with van der Waals surface area (Å²) in [5, 5.41) is 13.1. The molecule has 0 fully saturated rings. The molecule has 4 rings (SSSR count). The molecule has 1 aromatic heterocycles. The average Bonchev–Trinajstić information content (AvgIpc) is 2.79. The lowest BCUT2D eigenvalue weighted by molar-refractivity contribution is -0.710. The van der Waals surface area contributed by atoms with Gasteiger partial charge >= 0.3 is 5.97 Å². The maximum Gasteiger partial charge on any atom is 0.338 e. The number of rotatable bonds is 6. The van der Waals surface area contributed by atoms with E-state index in [4.69, 9.17) is 9.47 Å². The highest BCUT2D eigenvalue weighted by Crippen LogP contribution is 2.40. The van der Waals surface area contributed by atoms with Crippen LogP contribution >= 0.6 is 0 Å². The standard InChI is InChI=1S/C27H25NO5/c1-18-12-14-19(15-13-18)21(22-25(30)32-27(2,3)33-26(22)31)23(28-16-8-5-9-17-28)24(29)20-10-6-4-7-11-20/h4-17,21,23H,1-3H3.